The van der Waals surface area contributed by atoms with Crippen LogP contribution in [0.3, 0.4) is 0 Å². The van der Waals surface area contributed by atoms with Crippen molar-refractivity contribution in [3.8, 4) is 0 Å². The van der Waals surface area contributed by atoms with Crippen molar-refractivity contribution >= 4 is 15.7 Å². The van der Waals surface area contributed by atoms with E-state index in [2.05, 4.69) is 9.97 Å². The van der Waals surface area contributed by atoms with Crippen molar-refractivity contribution in [1.29, 1.82) is 0 Å². The monoisotopic (exact) mass is 482 g/mol. The van der Waals surface area contributed by atoms with E-state index in [-0.39, 0.29) is 12.1 Å². The molecule has 0 bridgehead atoms. The number of alkyl halides is 3. The maximum absolute atomic E-state index is 14.8. The second-order valence-corrected chi connectivity index (χ2v) is 9.79. The first-order chi connectivity index (χ1) is 15.7. The lowest BCUT2D eigenvalue weighted by Crippen LogP contribution is -2.47. The van der Waals surface area contributed by atoms with E-state index in [0.717, 1.165) is 11.6 Å². The Balaban J connectivity index is 1.77. The van der Waals surface area contributed by atoms with Crippen molar-refractivity contribution in [2.24, 2.45) is 0 Å². The highest BCUT2D eigenvalue weighted by molar-refractivity contribution is 7.89. The average molecular weight is 483 g/mol. The summed E-state index contributed by atoms with van der Waals surface area (Å²) in [5.41, 5.74) is -3.58. The number of nitrogens with one attached hydrogen (secondary N) is 1. The van der Waals surface area contributed by atoms with Crippen LogP contribution in [0.1, 0.15) is 23.2 Å². The summed E-state index contributed by atoms with van der Waals surface area (Å²) in [6, 6.07) is 12.9. The number of anilines is 1. The fraction of sp³-hybridized carbons (Fsp3) is 0.318. The summed E-state index contributed by atoms with van der Waals surface area (Å²) in [6.45, 7) is -0.933. The van der Waals surface area contributed by atoms with Crippen LogP contribution in [-0.4, -0.2) is 40.8 Å². The normalized spacial score (nSPS) is 17.6. The summed E-state index contributed by atoms with van der Waals surface area (Å²) in [7, 11) is -5.66. The lowest BCUT2D eigenvalue weighted by molar-refractivity contribution is -0.0492. The number of hydrogen-bond acceptors (Lipinski definition) is 4. The largest absolute Gasteiger partial charge is 0.511 e. The topological polar surface area (TPSA) is 69.3 Å². The standard InChI is InChI=1S/C22H22F4N4O2S/c23-20-7-4-8-21-19(20)14-29(33(31,32)22(24,25)26)13-18(10-9-16-5-2-1-3-6-16)30(21)12-17-11-27-15-28-17/h1-8,11,15,18H,9-10,12-14H2,(H,27,28)/t18-/m0/s1. The van der Waals surface area contributed by atoms with Gasteiger partial charge in [0.2, 0.25) is 0 Å². The second kappa shape index (κ2) is 9.14. The summed E-state index contributed by atoms with van der Waals surface area (Å²) in [6.07, 6.45) is 3.91. The van der Waals surface area contributed by atoms with Gasteiger partial charge in [0.25, 0.3) is 0 Å². The van der Waals surface area contributed by atoms with Gasteiger partial charge in [0, 0.05) is 36.6 Å². The molecule has 0 fully saturated rings. The summed E-state index contributed by atoms with van der Waals surface area (Å²) in [5, 5.41) is 0. The van der Waals surface area contributed by atoms with Gasteiger partial charge < -0.3 is 9.88 Å². The van der Waals surface area contributed by atoms with E-state index in [1.807, 2.05) is 30.3 Å². The van der Waals surface area contributed by atoms with Crippen LogP contribution in [0.25, 0.3) is 0 Å². The predicted molar refractivity (Wildman–Crippen MR) is 115 cm³/mol. The quantitative estimate of drug-likeness (QED) is 0.534. The van der Waals surface area contributed by atoms with Gasteiger partial charge >= 0.3 is 15.5 Å². The molecule has 1 aliphatic rings. The Morgan fingerprint density at radius 2 is 1.85 bits per heavy atom. The number of rotatable bonds is 6. The van der Waals surface area contributed by atoms with Crippen LogP contribution >= 0.6 is 0 Å². The van der Waals surface area contributed by atoms with Gasteiger partial charge in [-0.3, -0.25) is 0 Å². The fourth-order valence-electron chi connectivity index (χ4n) is 4.07. The number of fused-ring (bicyclic) bond motifs is 1. The molecule has 33 heavy (non-hydrogen) atoms. The minimum Gasteiger partial charge on any atom is -0.361 e. The molecule has 0 spiro atoms. The van der Waals surface area contributed by atoms with Crippen molar-refractivity contribution < 1.29 is 26.0 Å². The van der Waals surface area contributed by atoms with Gasteiger partial charge in [0.05, 0.1) is 18.6 Å². The number of benzene rings is 2. The van der Waals surface area contributed by atoms with Crippen LogP contribution in [0.4, 0.5) is 23.2 Å². The third-order valence-electron chi connectivity index (χ3n) is 5.73. The summed E-state index contributed by atoms with van der Waals surface area (Å²) >= 11 is 0. The zero-order valence-corrected chi connectivity index (χ0v) is 18.3. The number of aryl methyl sites for hydroxylation is 1. The van der Waals surface area contributed by atoms with Crippen LogP contribution in [0.2, 0.25) is 0 Å². The molecule has 6 nitrogen and oxygen atoms in total. The SMILES string of the molecule is O=S(=O)(N1Cc2c(F)cccc2N(Cc2cnc[nH]2)[C@@H](CCc2ccccc2)C1)C(F)(F)F. The lowest BCUT2D eigenvalue weighted by atomic mass is 10.0. The average Bonchev–Trinajstić information content (AvgIpc) is 3.22. The first-order valence-electron chi connectivity index (χ1n) is 10.3. The summed E-state index contributed by atoms with van der Waals surface area (Å²) < 4.78 is 80.2. The molecule has 11 heteroatoms. The molecule has 0 saturated carbocycles. The van der Waals surface area contributed by atoms with Gasteiger partial charge in [-0.1, -0.05) is 36.4 Å². The minimum absolute atomic E-state index is 0.0907. The summed E-state index contributed by atoms with van der Waals surface area (Å²) in [4.78, 5) is 8.69. The van der Waals surface area contributed by atoms with E-state index in [0.29, 0.717) is 28.5 Å². The molecule has 176 valence electrons. The number of sulfonamides is 1. The Hall–Kier alpha value is -2.92. The highest BCUT2D eigenvalue weighted by Gasteiger charge is 2.51. The van der Waals surface area contributed by atoms with E-state index >= 15 is 0 Å². The van der Waals surface area contributed by atoms with Crippen LogP contribution in [0.5, 0.6) is 0 Å². The Morgan fingerprint density at radius 1 is 1.09 bits per heavy atom. The van der Waals surface area contributed by atoms with Crippen molar-refractivity contribution in [3.05, 3.63) is 83.7 Å². The summed E-state index contributed by atoms with van der Waals surface area (Å²) in [5.74, 6) is -0.756. The number of imidazole rings is 1. The molecule has 2 heterocycles. The number of halogens is 4. The first kappa shape index (κ1) is 23.2. The number of hydrogen-bond donors (Lipinski definition) is 1. The van der Waals surface area contributed by atoms with Gasteiger partial charge in [-0.05, 0) is 30.5 Å². The van der Waals surface area contributed by atoms with Gasteiger partial charge in [-0.15, -0.1) is 0 Å². The van der Waals surface area contributed by atoms with Crippen LogP contribution in [-0.2, 0) is 29.5 Å². The van der Waals surface area contributed by atoms with Crippen LogP contribution in [0.15, 0.2) is 61.1 Å². The van der Waals surface area contributed by atoms with Crippen LogP contribution < -0.4 is 4.90 Å². The molecule has 0 saturated heterocycles. The molecule has 1 aliphatic heterocycles. The Labute approximate surface area is 188 Å². The van der Waals surface area contributed by atoms with Crippen molar-refractivity contribution in [3.63, 3.8) is 0 Å². The molecule has 0 amide bonds. The van der Waals surface area contributed by atoms with E-state index in [4.69, 9.17) is 0 Å². The highest BCUT2D eigenvalue weighted by atomic mass is 32.2. The minimum atomic E-state index is -5.66. The maximum atomic E-state index is 14.8. The molecule has 2 aromatic carbocycles. The van der Waals surface area contributed by atoms with Crippen LogP contribution in [0, 0.1) is 5.82 Å². The number of nitrogens with zero attached hydrogens (tertiary/aromatic N) is 3. The third-order valence-corrected chi connectivity index (χ3v) is 7.27. The zero-order valence-electron chi connectivity index (χ0n) is 17.5. The zero-order chi connectivity index (χ0) is 23.6. The number of aromatic amines is 1. The Bertz CT molecular complexity index is 1180. The molecule has 0 aliphatic carbocycles. The molecule has 0 radical (unpaired) electrons. The van der Waals surface area contributed by atoms with E-state index in [1.54, 1.807) is 17.2 Å². The number of H-pyrrole nitrogens is 1. The second-order valence-electron chi connectivity index (χ2n) is 7.86. The van der Waals surface area contributed by atoms with Gasteiger partial charge in [0.1, 0.15) is 5.82 Å². The molecule has 0 unspecified atom stereocenters. The van der Waals surface area contributed by atoms with E-state index < -0.39 is 40.5 Å². The van der Waals surface area contributed by atoms with Gasteiger partial charge in [0.15, 0.2) is 0 Å². The van der Waals surface area contributed by atoms with Crippen molar-refractivity contribution in [2.75, 3.05) is 11.4 Å². The smallest absolute Gasteiger partial charge is 0.361 e. The first-order valence-corrected chi connectivity index (χ1v) is 11.7. The van der Waals surface area contributed by atoms with Gasteiger partial charge in [-0.2, -0.15) is 17.5 Å². The molecule has 1 N–H and O–H groups in total. The van der Waals surface area contributed by atoms with E-state index in [1.165, 1.54) is 12.4 Å². The molecule has 1 atom stereocenters. The van der Waals surface area contributed by atoms with Crippen molar-refractivity contribution in [1.82, 2.24) is 14.3 Å². The molecule has 3 aromatic rings. The Kier molecular flexibility index (Phi) is 6.44. The third kappa shape index (κ3) is 4.88. The van der Waals surface area contributed by atoms with E-state index in [9.17, 15) is 26.0 Å². The maximum Gasteiger partial charge on any atom is 0.511 e. The Morgan fingerprint density at radius 3 is 2.52 bits per heavy atom. The fourth-order valence-corrected chi connectivity index (χ4v) is 5.03. The molecule has 1 aromatic heterocycles. The highest BCUT2D eigenvalue weighted by Crippen LogP contribution is 2.36. The molecule has 4 rings (SSSR count). The van der Waals surface area contributed by atoms with Crippen molar-refractivity contribution in [2.45, 2.75) is 37.5 Å². The predicted octanol–water partition coefficient (Wildman–Crippen LogP) is 4.22. The molecular formula is C22H22F4N4O2S. The molecular weight excluding hydrogens is 460 g/mol. The van der Waals surface area contributed by atoms with Gasteiger partial charge in [-0.25, -0.2) is 17.8 Å². The number of aromatic nitrogens is 2. The lowest BCUT2D eigenvalue weighted by Gasteiger charge is -2.34.